The number of carbonyl (C=O) groups excluding carboxylic acids is 4. The lowest BCUT2D eigenvalue weighted by Crippen LogP contribution is -2.31. The zero-order chi connectivity index (χ0) is 30.7. The Bertz CT molecular complexity index is 2050. The lowest BCUT2D eigenvalue weighted by Gasteiger charge is -2.21. The second-order valence-electron chi connectivity index (χ2n) is 10.8. The number of rotatable bonds is 5. The molecule has 0 spiro atoms. The van der Waals surface area contributed by atoms with Gasteiger partial charge in [0.1, 0.15) is 0 Å². The summed E-state index contributed by atoms with van der Waals surface area (Å²) in [6.07, 6.45) is 0.456. The number of carbonyl (C=O) groups is 4. The molecule has 44 heavy (non-hydrogen) atoms. The van der Waals surface area contributed by atoms with Crippen molar-refractivity contribution in [1.29, 1.82) is 0 Å². The molecule has 8 heteroatoms. The molecule has 0 unspecified atom stereocenters. The maximum atomic E-state index is 13.6. The third kappa shape index (κ3) is 4.15. The Morgan fingerprint density at radius 1 is 0.477 bits per heavy atom. The van der Waals surface area contributed by atoms with Crippen molar-refractivity contribution >= 4 is 46.4 Å². The number of aryl methyl sites for hydroxylation is 1. The first kappa shape index (κ1) is 26.9. The van der Waals surface area contributed by atoms with Crippen molar-refractivity contribution in [3.05, 3.63) is 131 Å². The Kier molecular flexibility index (Phi) is 6.14. The summed E-state index contributed by atoms with van der Waals surface area (Å²) in [4.78, 5) is 56.4. The van der Waals surface area contributed by atoms with Crippen molar-refractivity contribution < 1.29 is 19.2 Å². The van der Waals surface area contributed by atoms with Gasteiger partial charge in [-0.1, -0.05) is 43.3 Å². The van der Waals surface area contributed by atoms with E-state index in [9.17, 15) is 19.2 Å². The SMILES string of the molecule is CCc1cc(N2C(=O)c3ccc(-c4ccc(N)cc4)cc3C2=O)ccc1N1C(=O)c2ccc(-c3ccc(N)cc3)cc2C1=O. The molecule has 0 atom stereocenters. The Hall–Kier alpha value is -6.02. The van der Waals surface area contributed by atoms with Gasteiger partial charge in [0, 0.05) is 11.4 Å². The van der Waals surface area contributed by atoms with Gasteiger partial charge < -0.3 is 11.5 Å². The Balaban J connectivity index is 1.20. The quantitative estimate of drug-likeness (QED) is 0.185. The molecule has 0 saturated carbocycles. The first-order valence-electron chi connectivity index (χ1n) is 14.2. The molecule has 0 aromatic heterocycles. The largest absolute Gasteiger partial charge is 0.399 e. The Morgan fingerprint density at radius 3 is 1.41 bits per heavy atom. The third-order valence-electron chi connectivity index (χ3n) is 8.20. The lowest BCUT2D eigenvalue weighted by atomic mass is 10.00. The molecule has 0 bridgehead atoms. The van der Waals surface area contributed by atoms with E-state index in [4.69, 9.17) is 11.5 Å². The average molecular weight is 579 g/mol. The van der Waals surface area contributed by atoms with Crippen molar-refractivity contribution in [3.8, 4) is 22.3 Å². The highest BCUT2D eigenvalue weighted by atomic mass is 16.2. The van der Waals surface area contributed by atoms with Gasteiger partial charge in [0.2, 0.25) is 0 Å². The van der Waals surface area contributed by atoms with Gasteiger partial charge in [-0.2, -0.15) is 0 Å². The summed E-state index contributed by atoms with van der Waals surface area (Å²) in [5.41, 5.74) is 18.9. The van der Waals surface area contributed by atoms with Crippen LogP contribution in [0.15, 0.2) is 103 Å². The van der Waals surface area contributed by atoms with Crippen LogP contribution in [0.25, 0.3) is 22.3 Å². The van der Waals surface area contributed by atoms with Gasteiger partial charge in [0.05, 0.1) is 33.6 Å². The maximum absolute atomic E-state index is 13.6. The molecule has 0 fully saturated rings. The molecular formula is C36H26N4O4. The van der Waals surface area contributed by atoms with Gasteiger partial charge in [0.25, 0.3) is 23.6 Å². The summed E-state index contributed by atoms with van der Waals surface area (Å²) in [6, 6.07) is 29.9. The van der Waals surface area contributed by atoms with Crippen LogP contribution in [0.4, 0.5) is 22.7 Å². The molecule has 2 aliphatic heterocycles. The van der Waals surface area contributed by atoms with Crippen LogP contribution in [0.5, 0.6) is 0 Å². The van der Waals surface area contributed by atoms with Crippen LogP contribution in [0.1, 0.15) is 53.9 Å². The van der Waals surface area contributed by atoms with Gasteiger partial charge in [-0.3, -0.25) is 19.2 Å². The summed E-state index contributed by atoms with van der Waals surface area (Å²) in [6.45, 7) is 1.89. The predicted octanol–water partition coefficient (Wildman–Crippen LogP) is 6.35. The van der Waals surface area contributed by atoms with E-state index in [2.05, 4.69) is 0 Å². The van der Waals surface area contributed by atoms with Gasteiger partial charge in [0.15, 0.2) is 0 Å². The molecule has 214 valence electrons. The highest BCUT2D eigenvalue weighted by molar-refractivity contribution is 6.36. The number of benzene rings is 5. The van der Waals surface area contributed by atoms with E-state index in [1.807, 2.05) is 37.3 Å². The second-order valence-corrected chi connectivity index (χ2v) is 10.8. The van der Waals surface area contributed by atoms with Crippen LogP contribution in [0.2, 0.25) is 0 Å². The van der Waals surface area contributed by atoms with E-state index in [1.165, 1.54) is 4.90 Å². The average Bonchev–Trinajstić information content (AvgIpc) is 3.44. The van der Waals surface area contributed by atoms with Gasteiger partial charge in [-0.25, -0.2) is 9.80 Å². The van der Waals surface area contributed by atoms with Crippen LogP contribution < -0.4 is 21.3 Å². The van der Waals surface area contributed by atoms with E-state index in [0.717, 1.165) is 27.2 Å². The van der Waals surface area contributed by atoms with Crippen molar-refractivity contribution in [2.24, 2.45) is 0 Å². The van der Waals surface area contributed by atoms with E-state index in [0.29, 0.717) is 57.0 Å². The maximum Gasteiger partial charge on any atom is 0.266 e. The van der Waals surface area contributed by atoms with Crippen LogP contribution in [0.3, 0.4) is 0 Å². The van der Waals surface area contributed by atoms with Crippen molar-refractivity contribution in [2.45, 2.75) is 13.3 Å². The number of nitrogen functional groups attached to an aromatic ring is 2. The lowest BCUT2D eigenvalue weighted by molar-refractivity contribution is 0.0909. The van der Waals surface area contributed by atoms with Crippen LogP contribution in [0, 0.1) is 0 Å². The first-order chi connectivity index (χ1) is 21.2. The fraction of sp³-hybridized carbons (Fsp3) is 0.0556. The number of imide groups is 2. The van der Waals surface area contributed by atoms with Crippen molar-refractivity contribution in [2.75, 3.05) is 21.3 Å². The number of hydrogen-bond acceptors (Lipinski definition) is 6. The number of anilines is 4. The summed E-state index contributed by atoms with van der Waals surface area (Å²) in [5, 5.41) is 0. The zero-order valence-corrected chi connectivity index (χ0v) is 23.7. The zero-order valence-electron chi connectivity index (χ0n) is 23.7. The highest BCUT2D eigenvalue weighted by Gasteiger charge is 2.40. The molecule has 2 heterocycles. The van der Waals surface area contributed by atoms with Crippen LogP contribution in [-0.2, 0) is 6.42 Å². The molecule has 4 amide bonds. The number of fused-ring (bicyclic) bond motifs is 2. The molecule has 5 aromatic carbocycles. The van der Waals surface area contributed by atoms with Crippen LogP contribution >= 0.6 is 0 Å². The fourth-order valence-corrected chi connectivity index (χ4v) is 5.86. The molecule has 5 aromatic rings. The molecule has 7 rings (SSSR count). The van der Waals surface area contributed by atoms with Gasteiger partial charge >= 0.3 is 0 Å². The summed E-state index contributed by atoms with van der Waals surface area (Å²) >= 11 is 0. The number of nitrogens with zero attached hydrogens (tertiary/aromatic N) is 2. The number of amides is 4. The number of hydrogen-bond donors (Lipinski definition) is 2. The fourth-order valence-electron chi connectivity index (χ4n) is 5.86. The van der Waals surface area contributed by atoms with Crippen molar-refractivity contribution in [1.82, 2.24) is 0 Å². The smallest absolute Gasteiger partial charge is 0.266 e. The molecule has 4 N–H and O–H groups in total. The number of nitrogens with two attached hydrogens (primary N) is 2. The minimum atomic E-state index is -0.437. The van der Waals surface area contributed by atoms with E-state index < -0.39 is 23.6 Å². The van der Waals surface area contributed by atoms with Gasteiger partial charge in [-0.05, 0) is 101 Å². The molecule has 0 radical (unpaired) electrons. The normalized spacial score (nSPS) is 13.9. The van der Waals surface area contributed by atoms with E-state index >= 15 is 0 Å². The predicted molar refractivity (Wildman–Crippen MR) is 171 cm³/mol. The van der Waals surface area contributed by atoms with Crippen LogP contribution in [-0.4, -0.2) is 23.6 Å². The van der Waals surface area contributed by atoms with E-state index in [1.54, 1.807) is 72.8 Å². The van der Waals surface area contributed by atoms with E-state index in [-0.39, 0.29) is 0 Å². The minimum absolute atomic E-state index is 0.309. The summed E-state index contributed by atoms with van der Waals surface area (Å²) in [5.74, 6) is -1.72. The molecule has 8 nitrogen and oxygen atoms in total. The topological polar surface area (TPSA) is 127 Å². The van der Waals surface area contributed by atoms with Crippen molar-refractivity contribution in [3.63, 3.8) is 0 Å². The molecular weight excluding hydrogens is 552 g/mol. The monoisotopic (exact) mass is 578 g/mol. The second kappa shape index (κ2) is 10.1. The minimum Gasteiger partial charge on any atom is -0.399 e. The molecule has 0 saturated heterocycles. The summed E-state index contributed by atoms with van der Waals surface area (Å²) in [7, 11) is 0. The standard InChI is InChI=1S/C36H26N4O4/c1-2-20-17-27(39-33(41)28-14-7-23(18-30(28)35(39)43)21-3-9-25(37)10-4-21)13-16-32(20)40-34(42)29-15-8-24(19-31(29)36(40)44)22-5-11-26(38)12-6-22/h3-19H,2,37-38H2,1H3. The van der Waals surface area contributed by atoms with Gasteiger partial charge in [-0.15, -0.1) is 0 Å². The molecule has 0 aliphatic carbocycles. The molecule has 2 aliphatic rings. The Morgan fingerprint density at radius 2 is 0.909 bits per heavy atom. The summed E-state index contributed by atoms with van der Waals surface area (Å²) < 4.78 is 0. The first-order valence-corrected chi connectivity index (χ1v) is 14.2. The third-order valence-corrected chi connectivity index (χ3v) is 8.20. The highest BCUT2D eigenvalue weighted by Crippen LogP contribution is 2.38. The Labute approximate surface area is 253 Å².